The summed E-state index contributed by atoms with van der Waals surface area (Å²) in [6, 6.07) is 9.72. The zero-order valence-electron chi connectivity index (χ0n) is 22.8. The van der Waals surface area contributed by atoms with Crippen molar-refractivity contribution in [2.45, 2.75) is 63.6 Å². The summed E-state index contributed by atoms with van der Waals surface area (Å²) in [5.41, 5.74) is 1.88. The van der Waals surface area contributed by atoms with Gasteiger partial charge in [0, 0.05) is 25.6 Å². The van der Waals surface area contributed by atoms with E-state index in [0.29, 0.717) is 25.8 Å². The standard InChI is InChI=1S/C28H31F3N4O7/c1-17-5-2-3-6-18(17)8-11-23(34-26(38)28(29,30)31)41-20-9-10-22(32-14-20)25(37)33-19-7-4-12-35(15-19)27(39)42-21-13-24(36)40-16-21/h2-3,5-6,9-10,14,19,21,23H,4,7-8,11-13,15-16H2,1H3,(H,33,37)(H,34,38)/t19-,21-,23?/m0/s1. The van der Waals surface area contributed by atoms with E-state index >= 15 is 0 Å². The highest BCUT2D eigenvalue weighted by molar-refractivity contribution is 5.92. The Balaban J connectivity index is 1.32. The van der Waals surface area contributed by atoms with Crippen LogP contribution in [0.2, 0.25) is 0 Å². The summed E-state index contributed by atoms with van der Waals surface area (Å²) in [5, 5.41) is 4.68. The van der Waals surface area contributed by atoms with Crippen molar-refractivity contribution < 1.29 is 46.6 Å². The van der Waals surface area contributed by atoms with Gasteiger partial charge in [-0.1, -0.05) is 24.3 Å². The molecule has 11 nitrogen and oxygen atoms in total. The van der Waals surface area contributed by atoms with Crippen molar-refractivity contribution >= 4 is 23.9 Å². The smallest absolute Gasteiger partial charge is 0.469 e. The summed E-state index contributed by atoms with van der Waals surface area (Å²) < 4.78 is 54.5. The molecule has 226 valence electrons. The van der Waals surface area contributed by atoms with Gasteiger partial charge in [-0.2, -0.15) is 13.2 Å². The van der Waals surface area contributed by atoms with Gasteiger partial charge in [-0.15, -0.1) is 0 Å². The predicted molar refractivity (Wildman–Crippen MR) is 140 cm³/mol. The third-order valence-electron chi connectivity index (χ3n) is 6.84. The fraction of sp³-hybridized carbons (Fsp3) is 0.464. The molecule has 14 heteroatoms. The number of piperidine rings is 1. The number of benzene rings is 1. The summed E-state index contributed by atoms with van der Waals surface area (Å²) in [5.74, 6) is -3.01. The van der Waals surface area contributed by atoms with Crippen LogP contribution < -0.4 is 15.4 Å². The van der Waals surface area contributed by atoms with Crippen LogP contribution in [-0.4, -0.2) is 78.0 Å². The lowest BCUT2D eigenvalue weighted by Gasteiger charge is -2.32. The molecule has 3 heterocycles. The summed E-state index contributed by atoms with van der Waals surface area (Å²) in [6.45, 7) is 2.53. The molecule has 0 saturated carbocycles. The summed E-state index contributed by atoms with van der Waals surface area (Å²) in [7, 11) is 0. The van der Waals surface area contributed by atoms with E-state index in [1.54, 1.807) is 0 Å². The number of aryl methyl sites for hydroxylation is 2. The van der Waals surface area contributed by atoms with Crippen LogP contribution in [-0.2, 0) is 25.5 Å². The number of alkyl halides is 3. The molecule has 2 aliphatic rings. The van der Waals surface area contributed by atoms with Gasteiger partial charge in [0.1, 0.15) is 24.2 Å². The van der Waals surface area contributed by atoms with Gasteiger partial charge in [-0.25, -0.2) is 9.78 Å². The van der Waals surface area contributed by atoms with Gasteiger partial charge in [-0.05, 0) is 49.4 Å². The van der Waals surface area contributed by atoms with E-state index in [0.717, 1.165) is 11.1 Å². The molecular weight excluding hydrogens is 561 g/mol. The highest BCUT2D eigenvalue weighted by Gasteiger charge is 2.40. The number of likely N-dealkylation sites (tertiary alicyclic amines) is 1. The van der Waals surface area contributed by atoms with Crippen LogP contribution in [0.15, 0.2) is 42.6 Å². The molecule has 42 heavy (non-hydrogen) atoms. The zero-order valence-corrected chi connectivity index (χ0v) is 22.8. The molecule has 1 aromatic heterocycles. The molecule has 2 fully saturated rings. The van der Waals surface area contributed by atoms with Gasteiger partial charge in [0.15, 0.2) is 6.23 Å². The highest BCUT2D eigenvalue weighted by atomic mass is 19.4. The molecule has 3 amide bonds. The Bertz CT molecular complexity index is 1290. The van der Waals surface area contributed by atoms with E-state index in [-0.39, 0.29) is 43.5 Å². The quantitative estimate of drug-likeness (QED) is 0.335. The number of nitrogens with zero attached hydrogens (tertiary/aromatic N) is 2. The number of rotatable bonds is 9. The highest BCUT2D eigenvalue weighted by Crippen LogP contribution is 2.20. The van der Waals surface area contributed by atoms with Gasteiger partial charge in [0.05, 0.1) is 12.6 Å². The largest absolute Gasteiger partial charge is 0.471 e. The molecule has 0 aliphatic carbocycles. The van der Waals surface area contributed by atoms with Gasteiger partial charge in [0.2, 0.25) is 0 Å². The van der Waals surface area contributed by atoms with Crippen LogP contribution in [0, 0.1) is 6.92 Å². The molecule has 0 radical (unpaired) electrons. The Morgan fingerprint density at radius 3 is 2.64 bits per heavy atom. The number of amides is 3. The number of nitrogens with one attached hydrogen (secondary N) is 2. The first-order valence-electron chi connectivity index (χ1n) is 13.4. The Kier molecular flexibility index (Phi) is 9.86. The van der Waals surface area contributed by atoms with E-state index < -0.39 is 42.4 Å². The van der Waals surface area contributed by atoms with E-state index in [9.17, 15) is 32.3 Å². The van der Waals surface area contributed by atoms with E-state index in [4.69, 9.17) is 14.2 Å². The number of halogens is 3. The molecule has 1 aromatic carbocycles. The Hall–Kier alpha value is -4.36. The molecule has 2 saturated heterocycles. The van der Waals surface area contributed by atoms with Crippen molar-refractivity contribution in [2.24, 2.45) is 0 Å². The number of cyclic esters (lactones) is 1. The zero-order chi connectivity index (χ0) is 30.3. The Labute approximate surface area is 239 Å². The molecule has 3 atom stereocenters. The first kappa shape index (κ1) is 30.6. The van der Waals surface area contributed by atoms with Crippen molar-refractivity contribution in [3.05, 3.63) is 59.4 Å². The van der Waals surface area contributed by atoms with Crippen molar-refractivity contribution in [2.75, 3.05) is 19.7 Å². The SMILES string of the molecule is Cc1ccccc1CCC(NC(=O)C(F)(F)F)Oc1ccc(C(=O)N[C@H]2CCCN(C(=O)O[C@@H]3COC(=O)C3)C2)nc1. The van der Waals surface area contributed by atoms with Crippen LogP contribution >= 0.6 is 0 Å². The second-order valence-corrected chi connectivity index (χ2v) is 10.1. The Morgan fingerprint density at radius 2 is 1.98 bits per heavy atom. The van der Waals surface area contributed by atoms with E-state index in [2.05, 4.69) is 10.3 Å². The predicted octanol–water partition coefficient (Wildman–Crippen LogP) is 3.05. The number of carbonyl (C=O) groups is 4. The van der Waals surface area contributed by atoms with Gasteiger partial charge < -0.3 is 29.7 Å². The number of carbonyl (C=O) groups excluding carboxylic acids is 4. The second kappa shape index (κ2) is 13.5. The maximum atomic E-state index is 12.9. The monoisotopic (exact) mass is 592 g/mol. The molecule has 0 spiro atoms. The van der Waals surface area contributed by atoms with E-state index in [1.165, 1.54) is 23.2 Å². The molecule has 2 aromatic rings. The average molecular weight is 593 g/mol. The minimum absolute atomic E-state index is 0.00721. The number of hydrogen-bond donors (Lipinski definition) is 2. The van der Waals surface area contributed by atoms with Crippen LogP contribution in [0.3, 0.4) is 0 Å². The minimum atomic E-state index is -5.08. The number of pyridine rings is 1. The first-order valence-corrected chi connectivity index (χ1v) is 13.4. The Morgan fingerprint density at radius 1 is 1.19 bits per heavy atom. The number of esters is 1. The first-order chi connectivity index (χ1) is 20.0. The van der Waals surface area contributed by atoms with Crippen LogP contribution in [0.25, 0.3) is 0 Å². The second-order valence-electron chi connectivity index (χ2n) is 10.1. The molecule has 4 rings (SSSR count). The number of aromatic nitrogens is 1. The normalized spacial score (nSPS) is 19.4. The lowest BCUT2D eigenvalue weighted by Crippen LogP contribution is -2.50. The third kappa shape index (κ3) is 8.57. The van der Waals surface area contributed by atoms with Crippen LogP contribution in [0.1, 0.15) is 47.3 Å². The summed E-state index contributed by atoms with van der Waals surface area (Å²) in [4.78, 5) is 53.6. The molecular formula is C28H31F3N4O7. The van der Waals surface area contributed by atoms with Crippen molar-refractivity contribution in [1.29, 1.82) is 0 Å². The third-order valence-corrected chi connectivity index (χ3v) is 6.84. The molecule has 0 bridgehead atoms. The van der Waals surface area contributed by atoms with Gasteiger partial charge >= 0.3 is 24.1 Å². The molecule has 2 N–H and O–H groups in total. The lowest BCUT2D eigenvalue weighted by molar-refractivity contribution is -0.176. The molecule has 1 unspecified atom stereocenters. The number of ether oxygens (including phenoxy) is 3. The fourth-order valence-electron chi connectivity index (χ4n) is 4.62. The molecule has 2 aliphatic heterocycles. The summed E-state index contributed by atoms with van der Waals surface area (Å²) >= 11 is 0. The maximum Gasteiger partial charge on any atom is 0.471 e. The van der Waals surface area contributed by atoms with Crippen molar-refractivity contribution in [3.8, 4) is 5.75 Å². The lowest BCUT2D eigenvalue weighted by atomic mass is 10.0. The van der Waals surface area contributed by atoms with Crippen molar-refractivity contribution in [3.63, 3.8) is 0 Å². The number of hydrogen-bond acceptors (Lipinski definition) is 8. The van der Waals surface area contributed by atoms with Crippen molar-refractivity contribution in [1.82, 2.24) is 20.5 Å². The van der Waals surface area contributed by atoms with Gasteiger partial charge in [0.25, 0.3) is 5.91 Å². The summed E-state index contributed by atoms with van der Waals surface area (Å²) in [6.07, 6.45) is -4.78. The van der Waals surface area contributed by atoms with Gasteiger partial charge in [-0.3, -0.25) is 14.4 Å². The van der Waals surface area contributed by atoms with Crippen LogP contribution in [0.5, 0.6) is 5.75 Å². The topological polar surface area (TPSA) is 136 Å². The average Bonchev–Trinajstić information content (AvgIpc) is 3.36. The maximum absolute atomic E-state index is 12.9. The van der Waals surface area contributed by atoms with E-state index in [1.807, 2.05) is 36.5 Å². The minimum Gasteiger partial charge on any atom is -0.469 e. The van der Waals surface area contributed by atoms with Crippen LogP contribution in [0.4, 0.5) is 18.0 Å². The fourth-order valence-corrected chi connectivity index (χ4v) is 4.62.